The van der Waals surface area contributed by atoms with Gasteiger partial charge in [-0.15, -0.1) is 0 Å². The van der Waals surface area contributed by atoms with Gasteiger partial charge in [-0.05, 0) is 44.0 Å². The standard InChI is InChI=1S/C18H19N3O3/c1-12-6-4-7-13(2)17(12)24-11-16(22)20-15-8-5-9-21(18(15)23)14(3)10-19/h4-9,14H,11H2,1-3H3,(H,20,22). The predicted octanol–water partition coefficient (Wildman–Crippen LogP) is 2.57. The van der Waals surface area contributed by atoms with Crippen molar-refractivity contribution >= 4 is 11.6 Å². The van der Waals surface area contributed by atoms with Crippen LogP contribution in [0.3, 0.4) is 0 Å². The number of rotatable bonds is 5. The smallest absolute Gasteiger partial charge is 0.275 e. The molecule has 0 aliphatic rings. The molecule has 6 heteroatoms. The molecule has 0 spiro atoms. The average molecular weight is 325 g/mol. The first-order chi connectivity index (χ1) is 11.4. The minimum absolute atomic E-state index is 0.120. The van der Waals surface area contributed by atoms with Crippen LogP contribution >= 0.6 is 0 Å². The van der Waals surface area contributed by atoms with Crippen LogP contribution in [0.15, 0.2) is 41.3 Å². The zero-order valence-corrected chi connectivity index (χ0v) is 13.9. The number of aromatic nitrogens is 1. The fourth-order valence-electron chi connectivity index (χ4n) is 2.32. The Hall–Kier alpha value is -3.07. The molecule has 1 aromatic heterocycles. The molecule has 0 bridgehead atoms. The highest BCUT2D eigenvalue weighted by Crippen LogP contribution is 2.22. The third-order valence-corrected chi connectivity index (χ3v) is 3.61. The summed E-state index contributed by atoms with van der Waals surface area (Å²) in [5.74, 6) is 0.230. The van der Waals surface area contributed by atoms with Gasteiger partial charge in [0.05, 0.1) is 6.07 Å². The maximum Gasteiger partial charge on any atom is 0.275 e. The summed E-state index contributed by atoms with van der Waals surface area (Å²) in [7, 11) is 0. The van der Waals surface area contributed by atoms with E-state index >= 15 is 0 Å². The zero-order chi connectivity index (χ0) is 17.7. The molecule has 124 valence electrons. The number of ether oxygens (including phenoxy) is 1. The van der Waals surface area contributed by atoms with E-state index in [0.717, 1.165) is 11.1 Å². The van der Waals surface area contributed by atoms with E-state index in [2.05, 4.69) is 5.32 Å². The Balaban J connectivity index is 2.09. The molecule has 0 saturated heterocycles. The lowest BCUT2D eigenvalue weighted by Gasteiger charge is -2.13. The lowest BCUT2D eigenvalue weighted by Crippen LogP contribution is -2.29. The van der Waals surface area contributed by atoms with E-state index in [1.54, 1.807) is 13.0 Å². The van der Waals surface area contributed by atoms with Gasteiger partial charge in [-0.25, -0.2) is 0 Å². The van der Waals surface area contributed by atoms with Crippen LogP contribution in [0.1, 0.15) is 24.1 Å². The largest absolute Gasteiger partial charge is 0.483 e. The topological polar surface area (TPSA) is 84.1 Å². The number of nitriles is 1. The summed E-state index contributed by atoms with van der Waals surface area (Å²) >= 11 is 0. The number of para-hydroxylation sites is 1. The van der Waals surface area contributed by atoms with E-state index in [4.69, 9.17) is 10.00 Å². The van der Waals surface area contributed by atoms with Gasteiger partial charge in [0.15, 0.2) is 6.61 Å². The quantitative estimate of drug-likeness (QED) is 0.915. The number of benzene rings is 1. The average Bonchev–Trinajstić information content (AvgIpc) is 2.55. The van der Waals surface area contributed by atoms with Crippen LogP contribution in [0.4, 0.5) is 5.69 Å². The summed E-state index contributed by atoms with van der Waals surface area (Å²) < 4.78 is 6.83. The normalized spacial score (nSPS) is 11.4. The van der Waals surface area contributed by atoms with Crippen molar-refractivity contribution in [2.24, 2.45) is 0 Å². The van der Waals surface area contributed by atoms with Crippen molar-refractivity contribution in [2.75, 3.05) is 11.9 Å². The Morgan fingerprint density at radius 2 is 1.96 bits per heavy atom. The van der Waals surface area contributed by atoms with Crippen LogP contribution in [-0.2, 0) is 4.79 Å². The molecule has 1 heterocycles. The summed E-state index contributed by atoms with van der Waals surface area (Å²) in [4.78, 5) is 24.3. The molecule has 1 unspecified atom stereocenters. The molecule has 1 aromatic carbocycles. The second kappa shape index (κ2) is 7.47. The zero-order valence-electron chi connectivity index (χ0n) is 13.9. The Kier molecular flexibility index (Phi) is 5.38. The molecule has 6 nitrogen and oxygen atoms in total. The number of aryl methyl sites for hydroxylation is 2. The second-order valence-corrected chi connectivity index (χ2v) is 5.50. The van der Waals surface area contributed by atoms with E-state index in [1.165, 1.54) is 16.8 Å². The molecule has 1 amide bonds. The summed E-state index contributed by atoms with van der Waals surface area (Å²) in [5.41, 5.74) is 1.57. The number of hydrogen-bond acceptors (Lipinski definition) is 4. The van der Waals surface area contributed by atoms with Crippen LogP contribution in [0.2, 0.25) is 0 Å². The third kappa shape index (κ3) is 3.82. The molecule has 2 aromatic rings. The molecule has 0 aliphatic carbocycles. The maximum absolute atomic E-state index is 12.2. The molecule has 2 rings (SSSR count). The minimum Gasteiger partial charge on any atom is -0.483 e. The van der Waals surface area contributed by atoms with Crippen molar-refractivity contribution < 1.29 is 9.53 Å². The Morgan fingerprint density at radius 3 is 2.58 bits per heavy atom. The van der Waals surface area contributed by atoms with Crippen molar-refractivity contribution in [3.63, 3.8) is 0 Å². The van der Waals surface area contributed by atoms with Crippen LogP contribution in [0, 0.1) is 25.2 Å². The van der Waals surface area contributed by atoms with Crippen molar-refractivity contribution in [3.05, 3.63) is 58.0 Å². The first kappa shape index (κ1) is 17.3. The first-order valence-electron chi connectivity index (χ1n) is 7.53. The number of nitrogens with one attached hydrogen (secondary N) is 1. The van der Waals surface area contributed by atoms with Gasteiger partial charge >= 0.3 is 0 Å². The van der Waals surface area contributed by atoms with E-state index in [1.807, 2.05) is 38.1 Å². The molecule has 0 aliphatic heterocycles. The molecule has 0 fully saturated rings. The first-order valence-corrected chi connectivity index (χ1v) is 7.53. The summed E-state index contributed by atoms with van der Waals surface area (Å²) in [6.45, 7) is 5.21. The minimum atomic E-state index is -0.611. The number of pyridine rings is 1. The van der Waals surface area contributed by atoms with Gasteiger partial charge in [-0.3, -0.25) is 14.2 Å². The molecule has 24 heavy (non-hydrogen) atoms. The number of nitrogens with zero attached hydrogens (tertiary/aromatic N) is 2. The van der Waals surface area contributed by atoms with Crippen molar-refractivity contribution in [2.45, 2.75) is 26.8 Å². The highest BCUT2D eigenvalue weighted by atomic mass is 16.5. The molecular weight excluding hydrogens is 306 g/mol. The Labute approximate surface area is 140 Å². The highest BCUT2D eigenvalue weighted by Gasteiger charge is 2.12. The number of hydrogen-bond donors (Lipinski definition) is 1. The summed E-state index contributed by atoms with van der Waals surface area (Å²) in [6.07, 6.45) is 1.51. The van der Waals surface area contributed by atoms with E-state index in [-0.39, 0.29) is 12.3 Å². The predicted molar refractivity (Wildman–Crippen MR) is 91.1 cm³/mol. The van der Waals surface area contributed by atoms with Crippen molar-refractivity contribution in [1.29, 1.82) is 5.26 Å². The highest BCUT2D eigenvalue weighted by molar-refractivity contribution is 5.91. The fraction of sp³-hybridized carbons (Fsp3) is 0.278. The van der Waals surface area contributed by atoms with Crippen molar-refractivity contribution in [1.82, 2.24) is 4.57 Å². The van der Waals surface area contributed by atoms with E-state index in [9.17, 15) is 9.59 Å². The van der Waals surface area contributed by atoms with Gasteiger partial charge in [-0.2, -0.15) is 5.26 Å². The monoisotopic (exact) mass is 325 g/mol. The fourth-order valence-corrected chi connectivity index (χ4v) is 2.32. The molecule has 1 atom stereocenters. The van der Waals surface area contributed by atoms with Gasteiger partial charge in [0.2, 0.25) is 0 Å². The number of amides is 1. The van der Waals surface area contributed by atoms with Crippen LogP contribution in [0.25, 0.3) is 0 Å². The number of carbonyl (C=O) groups excluding carboxylic acids is 1. The van der Waals surface area contributed by atoms with Crippen LogP contribution in [-0.4, -0.2) is 17.1 Å². The molecule has 1 N–H and O–H groups in total. The van der Waals surface area contributed by atoms with Crippen molar-refractivity contribution in [3.8, 4) is 11.8 Å². The SMILES string of the molecule is Cc1cccc(C)c1OCC(=O)Nc1cccn(C(C)C#N)c1=O. The third-order valence-electron chi connectivity index (χ3n) is 3.61. The van der Waals surface area contributed by atoms with Gasteiger partial charge in [0.25, 0.3) is 11.5 Å². The number of carbonyl (C=O) groups is 1. The Bertz CT molecular complexity index is 829. The summed E-state index contributed by atoms with van der Waals surface area (Å²) in [6, 6.07) is 10.2. The maximum atomic E-state index is 12.2. The van der Waals surface area contributed by atoms with Gasteiger partial charge in [0, 0.05) is 6.20 Å². The van der Waals surface area contributed by atoms with Gasteiger partial charge in [0.1, 0.15) is 17.5 Å². The second-order valence-electron chi connectivity index (χ2n) is 5.50. The molecule has 0 radical (unpaired) electrons. The van der Waals surface area contributed by atoms with Crippen LogP contribution in [0.5, 0.6) is 5.75 Å². The lowest BCUT2D eigenvalue weighted by atomic mass is 10.1. The molecule has 0 saturated carbocycles. The molecular formula is C18H19N3O3. The van der Waals surface area contributed by atoms with Gasteiger partial charge < -0.3 is 10.1 Å². The van der Waals surface area contributed by atoms with E-state index in [0.29, 0.717) is 5.75 Å². The lowest BCUT2D eigenvalue weighted by molar-refractivity contribution is -0.118. The Morgan fingerprint density at radius 1 is 1.29 bits per heavy atom. The van der Waals surface area contributed by atoms with E-state index < -0.39 is 17.5 Å². The number of anilines is 1. The van der Waals surface area contributed by atoms with Gasteiger partial charge in [-0.1, -0.05) is 18.2 Å². The summed E-state index contributed by atoms with van der Waals surface area (Å²) in [5, 5.41) is 11.5. The van der Waals surface area contributed by atoms with Crippen LogP contribution < -0.4 is 15.6 Å².